The van der Waals surface area contributed by atoms with Crippen molar-refractivity contribution in [1.29, 1.82) is 0 Å². The summed E-state index contributed by atoms with van der Waals surface area (Å²) in [6.07, 6.45) is 1.61. The van der Waals surface area contributed by atoms with Gasteiger partial charge in [-0.2, -0.15) is 0 Å². The number of piperidine rings is 1. The average molecular weight is 288 g/mol. The molecule has 0 aromatic carbocycles. The average Bonchev–Trinajstić information content (AvgIpc) is 2.74. The Bertz CT molecular complexity index is 530. The molecule has 0 radical (unpaired) electrons. The number of hydrogen-bond acceptors (Lipinski definition) is 5. The maximum absolute atomic E-state index is 12.3. The van der Waals surface area contributed by atoms with E-state index in [2.05, 4.69) is 9.62 Å². The van der Waals surface area contributed by atoms with Gasteiger partial charge in [0.1, 0.15) is 23.0 Å². The summed E-state index contributed by atoms with van der Waals surface area (Å²) in [5.74, 6) is 0.575. The summed E-state index contributed by atoms with van der Waals surface area (Å²) in [5.41, 5.74) is 0. The van der Waals surface area contributed by atoms with Gasteiger partial charge in [-0.15, -0.1) is 0 Å². The number of likely N-dealkylation sites (tertiary alicyclic amines) is 1. The lowest BCUT2D eigenvalue weighted by atomic mass is 10.1. The Kier molecular flexibility index (Phi) is 4.29. The molecule has 0 bridgehead atoms. The highest BCUT2D eigenvalue weighted by Gasteiger charge is 2.26. The fourth-order valence-corrected chi connectivity index (χ4v) is 3.79. The number of hydrogen-bond donors (Lipinski definition) is 2. The third-order valence-corrected chi connectivity index (χ3v) is 5.04. The predicted molar refractivity (Wildman–Crippen MR) is 70.2 cm³/mol. The standard InChI is InChI=1S/C12H20N2O4S/c1-9-12(7-11(8-15)18-9)19(16,17)13-10-3-5-14(2)6-4-10/h7,10,13,15H,3-6,8H2,1-2H3. The van der Waals surface area contributed by atoms with Crippen molar-refractivity contribution in [2.24, 2.45) is 0 Å². The van der Waals surface area contributed by atoms with Gasteiger partial charge >= 0.3 is 0 Å². The Hall–Kier alpha value is -0.890. The lowest BCUT2D eigenvalue weighted by Crippen LogP contribution is -2.43. The summed E-state index contributed by atoms with van der Waals surface area (Å²) in [7, 11) is -1.54. The van der Waals surface area contributed by atoms with Gasteiger partial charge in [-0.1, -0.05) is 0 Å². The number of furan rings is 1. The number of aliphatic hydroxyl groups excluding tert-OH is 1. The Balaban J connectivity index is 2.11. The summed E-state index contributed by atoms with van der Waals surface area (Å²) in [6.45, 7) is 3.06. The van der Waals surface area contributed by atoms with Crippen LogP contribution in [0.3, 0.4) is 0 Å². The minimum Gasteiger partial charge on any atom is -0.462 e. The number of nitrogens with zero attached hydrogens (tertiary/aromatic N) is 1. The van der Waals surface area contributed by atoms with Crippen molar-refractivity contribution in [3.63, 3.8) is 0 Å². The van der Waals surface area contributed by atoms with Crippen LogP contribution < -0.4 is 4.72 Å². The molecule has 1 aliphatic rings. The Morgan fingerprint density at radius 2 is 2.11 bits per heavy atom. The molecule has 1 fully saturated rings. The van der Waals surface area contributed by atoms with Crippen LogP contribution in [-0.2, 0) is 16.6 Å². The number of aryl methyl sites for hydroxylation is 1. The minimum atomic E-state index is -3.57. The predicted octanol–water partition coefficient (Wildman–Crippen LogP) is 0.453. The molecule has 0 aliphatic carbocycles. The van der Waals surface area contributed by atoms with E-state index in [0.717, 1.165) is 25.9 Å². The third-order valence-electron chi connectivity index (χ3n) is 3.41. The smallest absolute Gasteiger partial charge is 0.244 e. The van der Waals surface area contributed by atoms with E-state index in [4.69, 9.17) is 9.52 Å². The fraction of sp³-hybridized carbons (Fsp3) is 0.667. The van der Waals surface area contributed by atoms with E-state index in [0.29, 0.717) is 5.76 Å². The van der Waals surface area contributed by atoms with Crippen molar-refractivity contribution in [2.45, 2.75) is 37.3 Å². The molecule has 1 aromatic heterocycles. The van der Waals surface area contributed by atoms with Gasteiger partial charge in [0.05, 0.1) is 0 Å². The second kappa shape index (κ2) is 5.62. The van der Waals surface area contributed by atoms with Gasteiger partial charge in [0, 0.05) is 12.1 Å². The summed E-state index contributed by atoms with van der Waals surface area (Å²) < 4.78 is 32.4. The van der Waals surface area contributed by atoms with Crippen LogP contribution in [0.25, 0.3) is 0 Å². The van der Waals surface area contributed by atoms with Crippen molar-refractivity contribution in [2.75, 3.05) is 20.1 Å². The Labute approximate surface area is 113 Å². The summed E-state index contributed by atoms with van der Waals surface area (Å²) in [6, 6.07) is 1.35. The Morgan fingerprint density at radius 3 is 2.63 bits per heavy atom. The first kappa shape index (κ1) is 14.5. The highest BCUT2D eigenvalue weighted by Crippen LogP contribution is 2.21. The van der Waals surface area contributed by atoms with Gasteiger partial charge in [0.2, 0.25) is 10.0 Å². The highest BCUT2D eigenvalue weighted by atomic mass is 32.2. The molecule has 0 unspecified atom stereocenters. The van der Waals surface area contributed by atoms with Crippen LogP contribution in [0.4, 0.5) is 0 Å². The van der Waals surface area contributed by atoms with E-state index in [9.17, 15) is 8.42 Å². The van der Waals surface area contributed by atoms with Crippen LogP contribution in [-0.4, -0.2) is 44.6 Å². The molecule has 0 spiro atoms. The summed E-state index contributed by atoms with van der Waals surface area (Å²) >= 11 is 0. The van der Waals surface area contributed by atoms with Crippen molar-refractivity contribution in [3.8, 4) is 0 Å². The molecule has 1 saturated heterocycles. The van der Waals surface area contributed by atoms with Gasteiger partial charge in [0.15, 0.2) is 0 Å². The van der Waals surface area contributed by atoms with E-state index in [1.54, 1.807) is 6.92 Å². The molecule has 108 valence electrons. The van der Waals surface area contributed by atoms with E-state index in [1.807, 2.05) is 7.05 Å². The zero-order chi connectivity index (χ0) is 14.0. The largest absolute Gasteiger partial charge is 0.462 e. The van der Waals surface area contributed by atoms with E-state index >= 15 is 0 Å². The SMILES string of the molecule is Cc1oc(CO)cc1S(=O)(=O)NC1CCN(C)CC1. The maximum atomic E-state index is 12.3. The summed E-state index contributed by atoms with van der Waals surface area (Å²) in [5, 5.41) is 8.98. The van der Waals surface area contributed by atoms with E-state index in [1.165, 1.54) is 6.07 Å². The second-order valence-electron chi connectivity index (χ2n) is 4.99. The van der Waals surface area contributed by atoms with E-state index < -0.39 is 10.0 Å². The molecule has 0 saturated carbocycles. The molecule has 0 amide bonds. The monoisotopic (exact) mass is 288 g/mol. The maximum Gasteiger partial charge on any atom is 0.244 e. The number of sulfonamides is 1. The number of rotatable bonds is 4. The van der Waals surface area contributed by atoms with Gasteiger partial charge in [0.25, 0.3) is 0 Å². The molecular formula is C12H20N2O4S. The first-order chi connectivity index (χ1) is 8.92. The molecule has 1 aliphatic heterocycles. The molecular weight excluding hydrogens is 268 g/mol. The zero-order valence-electron chi connectivity index (χ0n) is 11.2. The van der Waals surface area contributed by atoms with Crippen LogP contribution in [0, 0.1) is 6.92 Å². The van der Waals surface area contributed by atoms with Crippen LogP contribution in [0.5, 0.6) is 0 Å². The molecule has 2 heterocycles. The van der Waals surface area contributed by atoms with Gasteiger partial charge < -0.3 is 14.4 Å². The molecule has 2 rings (SSSR count). The fourth-order valence-electron chi connectivity index (χ4n) is 2.28. The normalized spacial score (nSPS) is 18.9. The lowest BCUT2D eigenvalue weighted by Gasteiger charge is -2.29. The molecule has 0 atom stereocenters. The quantitative estimate of drug-likeness (QED) is 0.840. The van der Waals surface area contributed by atoms with Crippen molar-refractivity contribution in [1.82, 2.24) is 9.62 Å². The molecule has 1 aromatic rings. The molecule has 6 nitrogen and oxygen atoms in total. The van der Waals surface area contributed by atoms with Crippen molar-refractivity contribution >= 4 is 10.0 Å². The number of nitrogens with one attached hydrogen (secondary N) is 1. The highest BCUT2D eigenvalue weighted by molar-refractivity contribution is 7.89. The van der Waals surface area contributed by atoms with Crippen LogP contribution >= 0.6 is 0 Å². The summed E-state index contributed by atoms with van der Waals surface area (Å²) in [4.78, 5) is 2.30. The van der Waals surface area contributed by atoms with Crippen LogP contribution in [0.2, 0.25) is 0 Å². The zero-order valence-corrected chi connectivity index (χ0v) is 12.0. The Morgan fingerprint density at radius 1 is 1.47 bits per heavy atom. The van der Waals surface area contributed by atoms with Gasteiger partial charge in [-0.3, -0.25) is 0 Å². The number of aliphatic hydroxyl groups is 1. The molecule has 7 heteroatoms. The third kappa shape index (κ3) is 3.36. The van der Waals surface area contributed by atoms with Crippen LogP contribution in [0.15, 0.2) is 15.4 Å². The van der Waals surface area contributed by atoms with Gasteiger partial charge in [-0.05, 0) is 39.9 Å². The lowest BCUT2D eigenvalue weighted by molar-refractivity contribution is 0.244. The van der Waals surface area contributed by atoms with Crippen molar-refractivity contribution in [3.05, 3.63) is 17.6 Å². The second-order valence-corrected chi connectivity index (χ2v) is 6.67. The van der Waals surface area contributed by atoms with Gasteiger partial charge in [-0.25, -0.2) is 13.1 Å². The van der Waals surface area contributed by atoms with Crippen LogP contribution in [0.1, 0.15) is 24.4 Å². The molecule has 19 heavy (non-hydrogen) atoms. The molecule has 2 N–H and O–H groups in total. The first-order valence-electron chi connectivity index (χ1n) is 6.33. The van der Waals surface area contributed by atoms with E-state index in [-0.39, 0.29) is 23.3 Å². The first-order valence-corrected chi connectivity index (χ1v) is 7.81. The topological polar surface area (TPSA) is 82.8 Å². The minimum absolute atomic E-state index is 0.0342. The van der Waals surface area contributed by atoms with Crippen molar-refractivity contribution < 1.29 is 17.9 Å².